The van der Waals surface area contributed by atoms with Crippen LogP contribution in [-0.2, 0) is 13.3 Å². The Bertz CT molecular complexity index is 334. The second-order valence-electron chi connectivity index (χ2n) is 7.57. The van der Waals surface area contributed by atoms with Gasteiger partial charge in [-0.1, -0.05) is 103 Å². The zero-order valence-corrected chi connectivity index (χ0v) is 19.7. The fourth-order valence-corrected chi connectivity index (χ4v) is 4.06. The van der Waals surface area contributed by atoms with Crippen LogP contribution >= 0.6 is 20.3 Å². The second-order valence-corrected chi connectivity index (χ2v) is 9.38. The monoisotopic (exact) mass is 439 g/mol. The van der Waals surface area contributed by atoms with Gasteiger partial charge in [-0.25, -0.2) is 8.54 Å². The molecule has 2 unspecified atom stereocenters. The van der Waals surface area contributed by atoms with Crippen LogP contribution in [0, 0.1) is 0 Å². The minimum absolute atomic E-state index is 0.396. The Hall–Kier alpha value is 0.290. The summed E-state index contributed by atoms with van der Waals surface area (Å²) in [5, 5.41) is 9.46. The first-order chi connectivity index (χ1) is 13.7. The highest BCUT2D eigenvalue weighted by molar-refractivity contribution is 7.97. The molecular formula is C21H44O5PS. The Balaban J connectivity index is 3.07. The number of hydrogen-bond donors (Lipinski definition) is 2. The molecule has 0 amide bonds. The van der Waals surface area contributed by atoms with Gasteiger partial charge in [0.2, 0.25) is 0 Å². The third kappa shape index (κ3) is 24.3. The summed E-state index contributed by atoms with van der Waals surface area (Å²) in [6.07, 6.45) is 22.1. The van der Waals surface area contributed by atoms with Crippen LogP contribution in [0.5, 0.6) is 0 Å². The van der Waals surface area contributed by atoms with Gasteiger partial charge >= 0.3 is 8.25 Å². The fourth-order valence-electron chi connectivity index (χ4n) is 3.17. The van der Waals surface area contributed by atoms with Crippen molar-refractivity contribution in [2.24, 2.45) is 0 Å². The molecule has 0 aromatic heterocycles. The van der Waals surface area contributed by atoms with Crippen molar-refractivity contribution in [3.8, 4) is 0 Å². The lowest BCUT2D eigenvalue weighted by Crippen LogP contribution is -2.07. The standard InChI is InChI=1S/C21H44O5PS/c1-2-3-4-5-6-7-8-9-10-11-12-13-14-15-16-17-19-25-20-18-21(22)28-26-27(23)24/h21-22H,2-20H2,1H3,(H,23,24). The Labute approximate surface area is 178 Å². The molecule has 0 heterocycles. The van der Waals surface area contributed by atoms with Crippen LogP contribution in [0.4, 0.5) is 0 Å². The van der Waals surface area contributed by atoms with Crippen LogP contribution in [-0.4, -0.2) is 28.6 Å². The van der Waals surface area contributed by atoms with Crippen molar-refractivity contribution in [2.75, 3.05) is 13.2 Å². The highest BCUT2D eigenvalue weighted by atomic mass is 32.2. The van der Waals surface area contributed by atoms with Gasteiger partial charge in [0.05, 0.1) is 0 Å². The van der Waals surface area contributed by atoms with E-state index < -0.39 is 13.7 Å². The van der Waals surface area contributed by atoms with E-state index >= 15 is 0 Å². The van der Waals surface area contributed by atoms with Crippen molar-refractivity contribution in [3.63, 3.8) is 0 Å². The summed E-state index contributed by atoms with van der Waals surface area (Å²) in [4.78, 5) is 8.46. The minimum atomic E-state index is -2.66. The predicted molar refractivity (Wildman–Crippen MR) is 119 cm³/mol. The second kappa shape index (κ2) is 23.6. The molecule has 0 rings (SSSR count). The van der Waals surface area contributed by atoms with Crippen LogP contribution in [0.3, 0.4) is 0 Å². The van der Waals surface area contributed by atoms with E-state index in [0.717, 1.165) is 6.42 Å². The molecule has 0 aromatic carbocycles. The lowest BCUT2D eigenvalue weighted by molar-refractivity contribution is 0.105. The van der Waals surface area contributed by atoms with E-state index in [2.05, 4.69) is 10.9 Å². The smallest absolute Gasteiger partial charge is 0.378 e. The van der Waals surface area contributed by atoms with E-state index in [9.17, 15) is 9.67 Å². The molecule has 7 heteroatoms. The summed E-state index contributed by atoms with van der Waals surface area (Å²) in [5.41, 5.74) is -0.822. The summed E-state index contributed by atoms with van der Waals surface area (Å²) in [7, 11) is -2.66. The molecule has 0 saturated carbocycles. The lowest BCUT2D eigenvalue weighted by Gasteiger charge is -2.08. The molecule has 2 N–H and O–H groups in total. The average Bonchev–Trinajstić information content (AvgIpc) is 2.68. The van der Waals surface area contributed by atoms with Crippen molar-refractivity contribution in [3.05, 3.63) is 0 Å². The van der Waals surface area contributed by atoms with Gasteiger partial charge in [0.15, 0.2) is 0 Å². The summed E-state index contributed by atoms with van der Waals surface area (Å²) >= 11 is 0.616. The van der Waals surface area contributed by atoms with E-state index in [-0.39, 0.29) is 0 Å². The molecule has 5 nitrogen and oxygen atoms in total. The molecule has 0 aliphatic heterocycles. The zero-order chi connectivity index (χ0) is 20.7. The molecule has 169 valence electrons. The summed E-state index contributed by atoms with van der Waals surface area (Å²) in [5.74, 6) is 0. The zero-order valence-electron chi connectivity index (χ0n) is 18.0. The molecule has 0 saturated heterocycles. The summed E-state index contributed by atoms with van der Waals surface area (Å²) in [6.45, 7) is 3.43. The maximum Gasteiger partial charge on any atom is 0.378 e. The maximum atomic E-state index is 10.3. The maximum absolute atomic E-state index is 10.3. The third-order valence-corrected chi connectivity index (χ3v) is 6.18. The molecule has 0 spiro atoms. The molecule has 28 heavy (non-hydrogen) atoms. The molecule has 1 radical (unpaired) electrons. The molecule has 0 aliphatic carbocycles. The van der Waals surface area contributed by atoms with Crippen molar-refractivity contribution in [2.45, 2.75) is 122 Å². The van der Waals surface area contributed by atoms with Gasteiger partial charge in [-0.2, -0.15) is 0 Å². The number of rotatable bonds is 23. The SMILES string of the molecule is CCCCCCCCCCCCCCCCCCOCCC(O)SO[P](=O)O. The molecule has 0 fully saturated rings. The van der Waals surface area contributed by atoms with Gasteiger partial charge in [-0.3, -0.25) is 4.89 Å². The Morgan fingerprint density at radius 3 is 1.61 bits per heavy atom. The van der Waals surface area contributed by atoms with Gasteiger partial charge in [-0.15, -0.1) is 0 Å². The average molecular weight is 440 g/mol. The molecular weight excluding hydrogens is 395 g/mol. The van der Waals surface area contributed by atoms with Gasteiger partial charge < -0.3 is 9.84 Å². The van der Waals surface area contributed by atoms with Crippen LogP contribution < -0.4 is 0 Å². The summed E-state index contributed by atoms with van der Waals surface area (Å²) in [6, 6.07) is 0. The van der Waals surface area contributed by atoms with E-state index in [4.69, 9.17) is 9.63 Å². The topological polar surface area (TPSA) is 76.0 Å². The number of hydrogen-bond acceptors (Lipinski definition) is 5. The minimum Gasteiger partial charge on any atom is -0.381 e. The predicted octanol–water partition coefficient (Wildman–Crippen LogP) is 7.29. The van der Waals surface area contributed by atoms with Crippen LogP contribution in [0.15, 0.2) is 0 Å². The van der Waals surface area contributed by atoms with Crippen molar-refractivity contribution in [1.82, 2.24) is 0 Å². The lowest BCUT2D eigenvalue weighted by atomic mass is 10.0. The Morgan fingerprint density at radius 2 is 1.18 bits per heavy atom. The highest BCUT2D eigenvalue weighted by Gasteiger charge is 2.07. The van der Waals surface area contributed by atoms with E-state index in [1.807, 2.05) is 0 Å². The van der Waals surface area contributed by atoms with Crippen molar-refractivity contribution in [1.29, 1.82) is 0 Å². The fraction of sp³-hybridized carbons (Fsp3) is 1.00. The Kier molecular flexibility index (Phi) is 23.8. The van der Waals surface area contributed by atoms with Crippen LogP contribution in [0.2, 0.25) is 0 Å². The number of ether oxygens (including phenoxy) is 1. The number of aliphatic hydroxyl groups excluding tert-OH is 1. The van der Waals surface area contributed by atoms with E-state index in [0.29, 0.717) is 31.7 Å². The quantitative estimate of drug-likeness (QED) is 0.0753. The van der Waals surface area contributed by atoms with Gasteiger partial charge in [0, 0.05) is 31.7 Å². The third-order valence-electron chi connectivity index (χ3n) is 4.87. The molecule has 0 aromatic rings. The number of aliphatic hydroxyl groups is 1. The first-order valence-electron chi connectivity index (χ1n) is 11.4. The van der Waals surface area contributed by atoms with Gasteiger partial charge in [0.1, 0.15) is 5.44 Å². The van der Waals surface area contributed by atoms with Crippen LogP contribution in [0.25, 0.3) is 0 Å². The van der Waals surface area contributed by atoms with Gasteiger partial charge in [0.25, 0.3) is 0 Å². The largest absolute Gasteiger partial charge is 0.381 e. The Morgan fingerprint density at radius 1 is 0.750 bits per heavy atom. The van der Waals surface area contributed by atoms with Crippen LogP contribution in [0.1, 0.15) is 116 Å². The molecule has 2 atom stereocenters. The van der Waals surface area contributed by atoms with Gasteiger partial charge in [-0.05, 0) is 6.42 Å². The van der Waals surface area contributed by atoms with Crippen molar-refractivity contribution < 1.29 is 23.3 Å². The van der Waals surface area contributed by atoms with E-state index in [1.165, 1.54) is 96.3 Å². The molecule has 0 bridgehead atoms. The molecule has 0 aliphatic rings. The number of unbranched alkanes of at least 4 members (excludes halogenated alkanes) is 15. The summed E-state index contributed by atoms with van der Waals surface area (Å²) < 4.78 is 20.2. The highest BCUT2D eigenvalue weighted by Crippen LogP contribution is 2.27. The van der Waals surface area contributed by atoms with E-state index in [1.54, 1.807) is 0 Å². The normalized spacial score (nSPS) is 13.0. The van der Waals surface area contributed by atoms with Crippen molar-refractivity contribution >= 4 is 20.3 Å². The first-order valence-corrected chi connectivity index (χ1v) is 13.4. The first kappa shape index (κ1) is 28.3.